The largest absolute Gasteiger partial charge is 0.352 e. The third-order valence-corrected chi connectivity index (χ3v) is 5.34. The summed E-state index contributed by atoms with van der Waals surface area (Å²) >= 11 is 2.91. The Morgan fingerprint density at radius 3 is 2.65 bits per heavy atom. The number of rotatable bonds is 5. The zero-order valence-electron chi connectivity index (χ0n) is 10.3. The van der Waals surface area contributed by atoms with E-state index in [1.165, 1.54) is 0 Å². The Bertz CT molecular complexity index is 646. The van der Waals surface area contributed by atoms with Crippen molar-refractivity contribution in [3.63, 3.8) is 0 Å². The van der Waals surface area contributed by atoms with Gasteiger partial charge in [-0.1, -0.05) is 12.8 Å². The highest BCUT2D eigenvalue weighted by molar-refractivity contribution is 9.10. The van der Waals surface area contributed by atoms with Crippen LogP contribution in [0.4, 0.5) is 4.39 Å². The van der Waals surface area contributed by atoms with Gasteiger partial charge in [0.05, 0.1) is 10.5 Å². The van der Waals surface area contributed by atoms with E-state index in [0.29, 0.717) is 12.5 Å². The molecule has 0 heterocycles. The molecule has 0 aliphatic heterocycles. The minimum Gasteiger partial charge on any atom is -0.352 e. The Balaban J connectivity index is 2.19. The summed E-state index contributed by atoms with van der Waals surface area (Å²) in [6.07, 6.45) is 3.18. The van der Waals surface area contributed by atoms with Crippen molar-refractivity contribution < 1.29 is 17.6 Å². The monoisotopic (exact) mass is 383 g/mol. The maximum Gasteiger partial charge on any atom is 0.262 e. The van der Waals surface area contributed by atoms with Crippen LogP contribution in [0.15, 0.2) is 21.5 Å². The lowest BCUT2D eigenvalue weighted by Crippen LogP contribution is -2.26. The molecular weight excluding hydrogens is 373 g/mol. The Labute approximate surface area is 129 Å². The highest BCUT2D eigenvalue weighted by atomic mass is 79.9. The van der Waals surface area contributed by atoms with Gasteiger partial charge in [0.1, 0.15) is 5.82 Å². The minimum atomic E-state index is -4.05. The number of amides is 1. The molecule has 0 atom stereocenters. The first kappa shape index (κ1) is 15.7. The van der Waals surface area contributed by atoms with Crippen LogP contribution in [0, 0.1) is 11.7 Å². The van der Waals surface area contributed by atoms with E-state index in [1.54, 1.807) is 0 Å². The predicted octanol–water partition coefficient (Wildman–Crippen LogP) is 3.05. The third kappa shape index (κ3) is 3.93. The first-order valence-electron chi connectivity index (χ1n) is 6.01. The number of nitrogens with one attached hydrogen (secondary N) is 1. The van der Waals surface area contributed by atoms with Crippen molar-refractivity contribution in [2.24, 2.45) is 5.92 Å². The smallest absolute Gasteiger partial charge is 0.262 e. The quantitative estimate of drug-likeness (QED) is 0.794. The number of halogens is 3. The third-order valence-electron chi connectivity index (χ3n) is 3.06. The van der Waals surface area contributed by atoms with E-state index in [2.05, 4.69) is 21.2 Å². The van der Waals surface area contributed by atoms with Gasteiger partial charge in [-0.3, -0.25) is 4.79 Å². The van der Waals surface area contributed by atoms with Crippen LogP contribution >= 0.6 is 26.6 Å². The van der Waals surface area contributed by atoms with Crippen LogP contribution in [0.25, 0.3) is 0 Å². The van der Waals surface area contributed by atoms with E-state index >= 15 is 0 Å². The summed E-state index contributed by atoms with van der Waals surface area (Å²) in [5.74, 6) is -0.800. The summed E-state index contributed by atoms with van der Waals surface area (Å²) in [4.78, 5) is 11.5. The van der Waals surface area contributed by atoms with E-state index < -0.39 is 20.8 Å². The van der Waals surface area contributed by atoms with E-state index in [4.69, 9.17) is 10.7 Å². The van der Waals surface area contributed by atoms with E-state index in [9.17, 15) is 17.6 Å². The van der Waals surface area contributed by atoms with Gasteiger partial charge >= 0.3 is 0 Å². The number of carbonyl (C=O) groups is 1. The summed E-state index contributed by atoms with van der Waals surface area (Å²) in [5, 5.41) is 2.58. The molecule has 0 bridgehead atoms. The Hall–Kier alpha value is -0.660. The van der Waals surface area contributed by atoms with Crippen LogP contribution in [-0.4, -0.2) is 20.9 Å². The molecule has 4 nitrogen and oxygen atoms in total. The molecule has 0 spiro atoms. The summed E-state index contributed by atoms with van der Waals surface area (Å²) in [7, 11) is 1.18. The van der Waals surface area contributed by atoms with Gasteiger partial charge in [0.2, 0.25) is 0 Å². The predicted molar refractivity (Wildman–Crippen MR) is 76.8 cm³/mol. The molecule has 1 N–H and O–H groups in total. The van der Waals surface area contributed by atoms with E-state index in [-0.39, 0.29) is 14.9 Å². The van der Waals surface area contributed by atoms with Gasteiger partial charge in [0.15, 0.2) is 0 Å². The van der Waals surface area contributed by atoms with Crippen LogP contribution in [0.5, 0.6) is 0 Å². The summed E-state index contributed by atoms with van der Waals surface area (Å²) < 4.78 is 36.4. The Morgan fingerprint density at radius 1 is 1.45 bits per heavy atom. The highest BCUT2D eigenvalue weighted by Gasteiger charge is 2.23. The van der Waals surface area contributed by atoms with Crippen molar-refractivity contribution in [1.29, 1.82) is 0 Å². The second kappa shape index (κ2) is 5.99. The second-order valence-corrected chi connectivity index (χ2v) is 8.08. The standard InChI is InChI=1S/C12H12BrClFNO3S/c13-9-6-10(15)8(5-11(9)20(14,18)19)12(17)16-4-3-7-1-2-7/h5-7H,1-4H2,(H,16,17). The molecule has 1 aliphatic carbocycles. The molecule has 1 aromatic carbocycles. The van der Waals surface area contributed by atoms with Crippen molar-refractivity contribution >= 4 is 41.6 Å². The van der Waals surface area contributed by atoms with E-state index in [1.807, 2.05) is 0 Å². The number of benzene rings is 1. The lowest BCUT2D eigenvalue weighted by molar-refractivity contribution is 0.0948. The van der Waals surface area contributed by atoms with Gasteiger partial charge in [0.25, 0.3) is 15.0 Å². The number of carbonyl (C=O) groups excluding carboxylic acids is 1. The molecule has 20 heavy (non-hydrogen) atoms. The molecule has 110 valence electrons. The SMILES string of the molecule is O=C(NCCC1CC1)c1cc(S(=O)(=O)Cl)c(Br)cc1F. The fourth-order valence-corrected chi connectivity index (χ4v) is 3.95. The fourth-order valence-electron chi connectivity index (χ4n) is 1.78. The Kier molecular flexibility index (Phi) is 4.71. The molecule has 1 amide bonds. The maximum absolute atomic E-state index is 13.7. The number of hydrogen-bond acceptors (Lipinski definition) is 3. The van der Waals surface area contributed by atoms with Gasteiger partial charge in [-0.2, -0.15) is 0 Å². The normalized spacial score (nSPS) is 15.2. The summed E-state index contributed by atoms with van der Waals surface area (Å²) in [6, 6.07) is 1.86. The first-order valence-corrected chi connectivity index (χ1v) is 9.11. The summed E-state index contributed by atoms with van der Waals surface area (Å²) in [5.41, 5.74) is -0.330. The van der Waals surface area contributed by atoms with Crippen molar-refractivity contribution in [2.45, 2.75) is 24.2 Å². The first-order chi connectivity index (χ1) is 9.29. The molecule has 2 rings (SSSR count). The lowest BCUT2D eigenvalue weighted by atomic mass is 10.2. The van der Waals surface area contributed by atoms with Crippen molar-refractivity contribution in [1.82, 2.24) is 5.32 Å². The van der Waals surface area contributed by atoms with Gasteiger partial charge in [-0.15, -0.1) is 0 Å². The van der Waals surface area contributed by atoms with E-state index in [0.717, 1.165) is 31.4 Å². The topological polar surface area (TPSA) is 63.2 Å². The van der Waals surface area contributed by atoms with Gasteiger partial charge in [0, 0.05) is 21.7 Å². The van der Waals surface area contributed by atoms with Gasteiger partial charge in [-0.25, -0.2) is 12.8 Å². The molecule has 1 aliphatic rings. The Morgan fingerprint density at radius 2 is 2.10 bits per heavy atom. The molecule has 0 aromatic heterocycles. The van der Waals surface area contributed by atoms with Gasteiger partial charge in [-0.05, 0) is 40.4 Å². The average molecular weight is 385 g/mol. The van der Waals surface area contributed by atoms with Crippen LogP contribution in [0.3, 0.4) is 0 Å². The zero-order valence-corrected chi connectivity index (χ0v) is 13.5. The molecule has 0 saturated heterocycles. The molecular formula is C12H12BrClFNO3S. The average Bonchev–Trinajstić information content (AvgIpc) is 3.11. The van der Waals surface area contributed by atoms with Crippen molar-refractivity contribution in [3.8, 4) is 0 Å². The van der Waals surface area contributed by atoms with Crippen LogP contribution in [-0.2, 0) is 9.05 Å². The zero-order chi connectivity index (χ0) is 14.9. The van der Waals surface area contributed by atoms with Crippen LogP contribution in [0.1, 0.15) is 29.6 Å². The van der Waals surface area contributed by atoms with Crippen molar-refractivity contribution in [2.75, 3.05) is 6.54 Å². The second-order valence-electron chi connectivity index (χ2n) is 4.69. The molecule has 0 unspecified atom stereocenters. The fraction of sp³-hybridized carbons (Fsp3) is 0.417. The van der Waals surface area contributed by atoms with Crippen LogP contribution in [0.2, 0.25) is 0 Å². The minimum absolute atomic E-state index is 0.0143. The molecule has 0 radical (unpaired) electrons. The molecule has 1 fully saturated rings. The highest BCUT2D eigenvalue weighted by Crippen LogP contribution is 2.32. The molecule has 1 saturated carbocycles. The molecule has 8 heteroatoms. The van der Waals surface area contributed by atoms with Crippen LogP contribution < -0.4 is 5.32 Å². The van der Waals surface area contributed by atoms with Crippen molar-refractivity contribution in [3.05, 3.63) is 28.0 Å². The summed E-state index contributed by atoms with van der Waals surface area (Å²) in [6.45, 7) is 0.446. The number of hydrogen-bond donors (Lipinski definition) is 1. The maximum atomic E-state index is 13.7. The lowest BCUT2D eigenvalue weighted by Gasteiger charge is -2.08. The molecule has 1 aromatic rings. The van der Waals surface area contributed by atoms with Gasteiger partial charge < -0.3 is 5.32 Å².